The predicted molar refractivity (Wildman–Crippen MR) is 72.3 cm³/mol. The van der Waals surface area contributed by atoms with Crippen molar-refractivity contribution >= 4 is 18.1 Å². The van der Waals surface area contributed by atoms with Crippen molar-refractivity contribution < 1.29 is 14.3 Å². The van der Waals surface area contributed by atoms with E-state index in [1.165, 1.54) is 11.0 Å². The standard InChI is InChI=1S/C15H17NO3/c1-11(2)13-10-19-15(18)16(13)14(17)9-8-12-6-4-3-5-7-12/h3-9,11,13H,10H2,1-2H3/b9-8+/t13-/m1/s1. The Balaban J connectivity index is 2.11. The molecule has 0 aromatic heterocycles. The number of hydrogen-bond acceptors (Lipinski definition) is 3. The highest BCUT2D eigenvalue weighted by molar-refractivity contribution is 6.02. The van der Waals surface area contributed by atoms with Crippen LogP contribution < -0.4 is 0 Å². The van der Waals surface area contributed by atoms with E-state index in [2.05, 4.69) is 0 Å². The molecule has 1 aliphatic rings. The summed E-state index contributed by atoms with van der Waals surface area (Å²) in [7, 11) is 0. The van der Waals surface area contributed by atoms with Crippen molar-refractivity contribution in [1.82, 2.24) is 4.90 Å². The van der Waals surface area contributed by atoms with E-state index in [9.17, 15) is 9.59 Å². The molecule has 0 unspecified atom stereocenters. The minimum atomic E-state index is -0.554. The second-order valence-electron chi connectivity index (χ2n) is 4.84. The van der Waals surface area contributed by atoms with Crippen LogP contribution in [0.3, 0.4) is 0 Å². The highest BCUT2D eigenvalue weighted by Crippen LogP contribution is 2.20. The van der Waals surface area contributed by atoms with Gasteiger partial charge in [0.1, 0.15) is 6.61 Å². The summed E-state index contributed by atoms with van der Waals surface area (Å²) in [6, 6.07) is 9.31. The minimum Gasteiger partial charge on any atom is -0.447 e. The third-order valence-electron chi connectivity index (χ3n) is 3.13. The second-order valence-corrected chi connectivity index (χ2v) is 4.84. The summed E-state index contributed by atoms with van der Waals surface area (Å²) in [5.41, 5.74) is 0.921. The van der Waals surface area contributed by atoms with Crippen LogP contribution in [0, 0.1) is 5.92 Å². The lowest BCUT2D eigenvalue weighted by molar-refractivity contribution is -0.124. The van der Waals surface area contributed by atoms with Crippen LogP contribution >= 0.6 is 0 Å². The third kappa shape index (κ3) is 3.02. The van der Waals surface area contributed by atoms with Crippen LogP contribution in [0.1, 0.15) is 19.4 Å². The molecule has 0 spiro atoms. The Labute approximate surface area is 112 Å². The summed E-state index contributed by atoms with van der Waals surface area (Å²) >= 11 is 0. The fourth-order valence-electron chi connectivity index (χ4n) is 1.99. The van der Waals surface area contributed by atoms with E-state index in [-0.39, 0.29) is 24.5 Å². The number of amides is 2. The Bertz CT molecular complexity index is 493. The number of nitrogens with zero attached hydrogens (tertiary/aromatic N) is 1. The molecule has 1 aliphatic heterocycles. The van der Waals surface area contributed by atoms with Gasteiger partial charge in [-0.15, -0.1) is 0 Å². The summed E-state index contributed by atoms with van der Waals surface area (Å²) < 4.78 is 4.94. The van der Waals surface area contributed by atoms with Crippen LogP contribution in [0.2, 0.25) is 0 Å². The maximum Gasteiger partial charge on any atom is 0.417 e. The van der Waals surface area contributed by atoms with E-state index >= 15 is 0 Å². The molecule has 19 heavy (non-hydrogen) atoms. The number of ether oxygens (including phenoxy) is 1. The van der Waals surface area contributed by atoms with Gasteiger partial charge in [-0.1, -0.05) is 44.2 Å². The van der Waals surface area contributed by atoms with Crippen molar-refractivity contribution in [3.63, 3.8) is 0 Å². The monoisotopic (exact) mass is 259 g/mol. The van der Waals surface area contributed by atoms with Gasteiger partial charge in [-0.25, -0.2) is 9.69 Å². The molecule has 0 N–H and O–H groups in total. The van der Waals surface area contributed by atoms with Crippen molar-refractivity contribution in [2.45, 2.75) is 19.9 Å². The molecule has 1 heterocycles. The fraction of sp³-hybridized carbons (Fsp3) is 0.333. The molecular formula is C15H17NO3. The second kappa shape index (κ2) is 5.69. The zero-order valence-corrected chi connectivity index (χ0v) is 11.1. The molecule has 0 aliphatic carbocycles. The molecule has 1 aromatic rings. The van der Waals surface area contributed by atoms with Gasteiger partial charge in [0.25, 0.3) is 5.91 Å². The fourth-order valence-corrected chi connectivity index (χ4v) is 1.99. The van der Waals surface area contributed by atoms with Crippen molar-refractivity contribution in [2.24, 2.45) is 5.92 Å². The van der Waals surface area contributed by atoms with Crippen molar-refractivity contribution in [1.29, 1.82) is 0 Å². The van der Waals surface area contributed by atoms with Gasteiger partial charge in [0.2, 0.25) is 0 Å². The lowest BCUT2D eigenvalue weighted by Gasteiger charge is -2.20. The first kappa shape index (κ1) is 13.3. The van der Waals surface area contributed by atoms with E-state index in [1.54, 1.807) is 6.08 Å². The SMILES string of the molecule is CC(C)[C@H]1COC(=O)N1C(=O)/C=C/c1ccccc1. The molecule has 4 nitrogen and oxygen atoms in total. The Morgan fingerprint density at radius 2 is 2.05 bits per heavy atom. The Kier molecular flexibility index (Phi) is 4.00. The number of hydrogen-bond donors (Lipinski definition) is 0. The maximum atomic E-state index is 12.1. The molecular weight excluding hydrogens is 242 g/mol. The molecule has 0 bridgehead atoms. The third-order valence-corrected chi connectivity index (χ3v) is 3.13. The molecule has 4 heteroatoms. The lowest BCUT2D eigenvalue weighted by Crippen LogP contribution is -2.40. The Morgan fingerprint density at radius 3 is 2.68 bits per heavy atom. The van der Waals surface area contributed by atoms with Crippen molar-refractivity contribution in [2.75, 3.05) is 6.61 Å². The number of cyclic esters (lactones) is 1. The Morgan fingerprint density at radius 1 is 1.37 bits per heavy atom. The number of carbonyl (C=O) groups is 2. The minimum absolute atomic E-state index is 0.180. The lowest BCUT2D eigenvalue weighted by atomic mass is 10.0. The van der Waals surface area contributed by atoms with Gasteiger partial charge in [0.15, 0.2) is 0 Å². The quantitative estimate of drug-likeness (QED) is 0.784. The van der Waals surface area contributed by atoms with Gasteiger partial charge in [0, 0.05) is 6.08 Å². The highest BCUT2D eigenvalue weighted by atomic mass is 16.6. The summed E-state index contributed by atoms with van der Waals surface area (Å²) in [5, 5.41) is 0. The van der Waals surface area contributed by atoms with Crippen LogP contribution in [0.5, 0.6) is 0 Å². The largest absolute Gasteiger partial charge is 0.447 e. The van der Waals surface area contributed by atoms with Gasteiger partial charge in [-0.2, -0.15) is 0 Å². The molecule has 1 atom stereocenters. The average Bonchev–Trinajstić information content (AvgIpc) is 2.79. The first-order valence-electron chi connectivity index (χ1n) is 6.32. The summed E-state index contributed by atoms with van der Waals surface area (Å²) in [5.74, 6) is -0.148. The highest BCUT2D eigenvalue weighted by Gasteiger charge is 2.38. The van der Waals surface area contributed by atoms with E-state index in [4.69, 9.17) is 4.74 Å². The van der Waals surface area contributed by atoms with Gasteiger partial charge >= 0.3 is 6.09 Å². The van der Waals surface area contributed by atoms with Crippen LogP contribution in [-0.2, 0) is 9.53 Å². The first-order valence-corrected chi connectivity index (χ1v) is 6.32. The van der Waals surface area contributed by atoms with Crippen LogP contribution in [0.15, 0.2) is 36.4 Å². The number of benzene rings is 1. The zero-order chi connectivity index (χ0) is 13.8. The molecule has 1 fully saturated rings. The average molecular weight is 259 g/mol. The van der Waals surface area contributed by atoms with Gasteiger partial charge in [-0.3, -0.25) is 4.79 Å². The topological polar surface area (TPSA) is 46.6 Å². The first-order chi connectivity index (χ1) is 9.09. The number of rotatable bonds is 3. The summed E-state index contributed by atoms with van der Waals surface area (Å²) in [4.78, 5) is 24.9. The smallest absolute Gasteiger partial charge is 0.417 e. The van der Waals surface area contributed by atoms with Gasteiger partial charge in [-0.05, 0) is 17.6 Å². The number of imide groups is 1. The van der Waals surface area contributed by atoms with E-state index in [0.29, 0.717) is 0 Å². The molecule has 2 rings (SSSR count). The van der Waals surface area contributed by atoms with E-state index in [1.807, 2.05) is 44.2 Å². The van der Waals surface area contributed by atoms with Gasteiger partial charge in [0.05, 0.1) is 6.04 Å². The molecule has 0 radical (unpaired) electrons. The van der Waals surface area contributed by atoms with Gasteiger partial charge < -0.3 is 4.74 Å². The molecule has 1 saturated heterocycles. The van der Waals surface area contributed by atoms with Crippen LogP contribution in [0.25, 0.3) is 6.08 Å². The maximum absolute atomic E-state index is 12.1. The van der Waals surface area contributed by atoms with Crippen molar-refractivity contribution in [3.8, 4) is 0 Å². The predicted octanol–water partition coefficient (Wildman–Crippen LogP) is 2.70. The molecule has 1 aromatic carbocycles. The zero-order valence-electron chi connectivity index (χ0n) is 11.1. The Hall–Kier alpha value is -2.10. The molecule has 0 saturated carbocycles. The molecule has 2 amide bonds. The summed E-state index contributed by atoms with van der Waals surface area (Å²) in [6.45, 7) is 4.21. The summed E-state index contributed by atoms with van der Waals surface area (Å²) in [6.07, 6.45) is 2.56. The van der Waals surface area contributed by atoms with E-state index in [0.717, 1.165) is 5.56 Å². The van der Waals surface area contributed by atoms with E-state index < -0.39 is 6.09 Å². The van der Waals surface area contributed by atoms with Crippen molar-refractivity contribution in [3.05, 3.63) is 42.0 Å². The van der Waals surface area contributed by atoms with Crippen LogP contribution in [0.4, 0.5) is 4.79 Å². The number of carbonyl (C=O) groups excluding carboxylic acids is 2. The normalized spacial score (nSPS) is 19.2. The van der Waals surface area contributed by atoms with Crippen LogP contribution in [-0.4, -0.2) is 29.5 Å². The molecule has 100 valence electrons.